The smallest absolute Gasteiger partial charge is 0.242 e. The fraction of sp³-hybridized carbons (Fsp3) is 0.179. The average molecular weight is 454 g/mol. The van der Waals surface area contributed by atoms with Crippen LogP contribution in [0.4, 0.5) is 0 Å². The molecule has 3 aromatic carbocycles. The van der Waals surface area contributed by atoms with Gasteiger partial charge in [0.05, 0.1) is 17.3 Å². The minimum atomic E-state index is -0.133. The Morgan fingerprint density at radius 1 is 1.00 bits per heavy atom. The van der Waals surface area contributed by atoms with Crippen molar-refractivity contribution in [2.24, 2.45) is 5.10 Å². The third-order valence-corrected chi connectivity index (χ3v) is 6.37. The number of hydrogen-bond acceptors (Lipinski definition) is 3. The molecule has 4 aromatic rings. The SMILES string of the molecule is CCC(=O)N1N=C(c2c(C)nc3ccc(Cl)cc3c2-c2ccccc2)CC1c1ccccc1. The maximum absolute atomic E-state index is 12.9. The number of aromatic nitrogens is 1. The maximum Gasteiger partial charge on any atom is 0.242 e. The first kappa shape index (κ1) is 21.4. The van der Waals surface area contributed by atoms with Crippen LogP contribution < -0.4 is 0 Å². The van der Waals surface area contributed by atoms with Crippen LogP contribution in [-0.4, -0.2) is 21.6 Å². The molecule has 2 heterocycles. The number of hydrazone groups is 1. The van der Waals surface area contributed by atoms with Crippen molar-refractivity contribution in [2.45, 2.75) is 32.7 Å². The monoisotopic (exact) mass is 453 g/mol. The molecule has 0 bridgehead atoms. The zero-order chi connectivity index (χ0) is 22.9. The van der Waals surface area contributed by atoms with E-state index in [1.807, 2.05) is 68.4 Å². The van der Waals surface area contributed by atoms with E-state index in [9.17, 15) is 4.79 Å². The Balaban J connectivity index is 1.74. The summed E-state index contributed by atoms with van der Waals surface area (Å²) in [5, 5.41) is 8.19. The molecular formula is C28H24ClN3O. The number of amides is 1. The molecule has 164 valence electrons. The highest BCUT2D eigenvalue weighted by Crippen LogP contribution is 2.40. The third-order valence-electron chi connectivity index (χ3n) is 6.13. The number of benzene rings is 3. The summed E-state index contributed by atoms with van der Waals surface area (Å²) in [6.45, 7) is 3.89. The van der Waals surface area contributed by atoms with Gasteiger partial charge in [0.2, 0.25) is 5.91 Å². The van der Waals surface area contributed by atoms with Crippen LogP contribution >= 0.6 is 11.6 Å². The number of halogens is 1. The fourth-order valence-corrected chi connectivity index (χ4v) is 4.78. The number of aryl methyl sites for hydroxylation is 1. The molecule has 0 fully saturated rings. The molecule has 0 radical (unpaired) electrons. The second-order valence-electron chi connectivity index (χ2n) is 8.24. The van der Waals surface area contributed by atoms with Gasteiger partial charge in [0.25, 0.3) is 0 Å². The molecule has 1 atom stereocenters. The Labute approximate surface area is 198 Å². The van der Waals surface area contributed by atoms with Crippen LogP contribution in [-0.2, 0) is 4.79 Å². The van der Waals surface area contributed by atoms with Gasteiger partial charge in [-0.3, -0.25) is 9.78 Å². The van der Waals surface area contributed by atoms with Crippen molar-refractivity contribution in [2.75, 3.05) is 0 Å². The lowest BCUT2D eigenvalue weighted by Gasteiger charge is -2.21. The number of fused-ring (bicyclic) bond motifs is 1. The van der Waals surface area contributed by atoms with E-state index in [0.29, 0.717) is 17.9 Å². The lowest BCUT2D eigenvalue weighted by Crippen LogP contribution is -2.26. The molecule has 4 nitrogen and oxygen atoms in total. The highest BCUT2D eigenvalue weighted by Gasteiger charge is 2.34. The van der Waals surface area contributed by atoms with Gasteiger partial charge in [-0.25, -0.2) is 5.01 Å². The van der Waals surface area contributed by atoms with Crippen molar-refractivity contribution >= 4 is 34.1 Å². The standard InChI is InChI=1S/C28H24ClN3O/c1-3-26(33)32-25(19-10-6-4-7-11-19)17-24(31-32)27-18(2)30-23-15-14-21(29)16-22(23)28(27)20-12-8-5-9-13-20/h4-16,25H,3,17H2,1-2H3. The van der Waals surface area contributed by atoms with Crippen molar-refractivity contribution < 1.29 is 4.79 Å². The van der Waals surface area contributed by atoms with Crippen molar-refractivity contribution in [3.63, 3.8) is 0 Å². The first-order valence-electron chi connectivity index (χ1n) is 11.2. The van der Waals surface area contributed by atoms with Crippen LogP contribution in [0.5, 0.6) is 0 Å². The van der Waals surface area contributed by atoms with Crippen LogP contribution in [0.25, 0.3) is 22.0 Å². The van der Waals surface area contributed by atoms with Crippen LogP contribution in [0.1, 0.15) is 42.6 Å². The van der Waals surface area contributed by atoms with E-state index in [1.54, 1.807) is 5.01 Å². The highest BCUT2D eigenvalue weighted by molar-refractivity contribution is 6.31. The minimum absolute atomic E-state index is 0.00885. The molecule has 1 unspecified atom stereocenters. The van der Waals surface area contributed by atoms with Crippen LogP contribution in [0.2, 0.25) is 5.02 Å². The van der Waals surface area contributed by atoms with Crippen molar-refractivity contribution in [1.29, 1.82) is 0 Å². The average Bonchev–Trinajstić information content (AvgIpc) is 3.29. The van der Waals surface area contributed by atoms with E-state index >= 15 is 0 Å². The predicted molar refractivity (Wildman–Crippen MR) is 134 cm³/mol. The van der Waals surface area contributed by atoms with E-state index in [2.05, 4.69) is 24.3 Å². The Hall–Kier alpha value is -3.50. The summed E-state index contributed by atoms with van der Waals surface area (Å²) in [5.74, 6) is 0.00885. The Morgan fingerprint density at radius 2 is 1.70 bits per heavy atom. The second-order valence-corrected chi connectivity index (χ2v) is 8.68. The molecule has 0 saturated carbocycles. The Kier molecular flexibility index (Phi) is 5.69. The molecule has 1 amide bonds. The molecule has 0 saturated heterocycles. The van der Waals surface area contributed by atoms with Crippen LogP contribution in [0, 0.1) is 6.92 Å². The molecule has 33 heavy (non-hydrogen) atoms. The zero-order valence-corrected chi connectivity index (χ0v) is 19.4. The van der Waals surface area contributed by atoms with Crippen molar-refractivity contribution in [3.8, 4) is 11.1 Å². The van der Waals surface area contributed by atoms with E-state index in [1.165, 1.54) is 0 Å². The van der Waals surface area contributed by atoms with E-state index in [4.69, 9.17) is 21.7 Å². The quantitative estimate of drug-likeness (QED) is 0.335. The normalized spacial score (nSPS) is 15.7. The molecule has 5 heteroatoms. The lowest BCUT2D eigenvalue weighted by molar-refractivity contribution is -0.132. The van der Waals surface area contributed by atoms with Crippen molar-refractivity contribution in [1.82, 2.24) is 9.99 Å². The number of carbonyl (C=O) groups is 1. The molecule has 0 N–H and O–H groups in total. The maximum atomic E-state index is 12.9. The number of nitrogens with zero attached hydrogens (tertiary/aromatic N) is 3. The minimum Gasteiger partial charge on any atom is -0.273 e. The molecule has 5 rings (SSSR count). The summed E-state index contributed by atoms with van der Waals surface area (Å²) < 4.78 is 0. The van der Waals surface area contributed by atoms with Gasteiger partial charge in [-0.05, 0) is 36.2 Å². The second kappa shape index (κ2) is 8.80. The van der Waals surface area contributed by atoms with Gasteiger partial charge in [-0.1, -0.05) is 79.2 Å². The van der Waals surface area contributed by atoms with Gasteiger partial charge < -0.3 is 0 Å². The van der Waals surface area contributed by atoms with E-state index < -0.39 is 0 Å². The van der Waals surface area contributed by atoms with Gasteiger partial charge in [-0.15, -0.1) is 0 Å². The van der Waals surface area contributed by atoms with Gasteiger partial charge in [-0.2, -0.15) is 5.10 Å². The van der Waals surface area contributed by atoms with Gasteiger partial charge in [0.15, 0.2) is 0 Å². The van der Waals surface area contributed by atoms with Crippen LogP contribution in [0.3, 0.4) is 0 Å². The zero-order valence-electron chi connectivity index (χ0n) is 18.6. The largest absolute Gasteiger partial charge is 0.273 e. The van der Waals surface area contributed by atoms with Crippen LogP contribution in [0.15, 0.2) is 84.0 Å². The fourth-order valence-electron chi connectivity index (χ4n) is 4.60. The molecular weight excluding hydrogens is 430 g/mol. The predicted octanol–water partition coefficient (Wildman–Crippen LogP) is 6.95. The third kappa shape index (κ3) is 3.91. The first-order chi connectivity index (χ1) is 16.1. The van der Waals surface area contributed by atoms with Gasteiger partial charge >= 0.3 is 0 Å². The highest BCUT2D eigenvalue weighted by atomic mass is 35.5. The number of carbonyl (C=O) groups excluding carboxylic acids is 1. The molecule has 1 aliphatic rings. The van der Waals surface area contributed by atoms with E-state index in [0.717, 1.165) is 44.6 Å². The summed E-state index contributed by atoms with van der Waals surface area (Å²) in [6, 6.07) is 26.0. The first-order valence-corrected chi connectivity index (χ1v) is 11.5. The summed E-state index contributed by atoms with van der Waals surface area (Å²) in [4.78, 5) is 17.7. The molecule has 0 aliphatic carbocycles. The Morgan fingerprint density at radius 3 is 2.39 bits per heavy atom. The molecule has 1 aromatic heterocycles. The van der Waals surface area contributed by atoms with Gasteiger partial charge in [0, 0.05) is 40.1 Å². The van der Waals surface area contributed by atoms with Crippen molar-refractivity contribution in [3.05, 3.63) is 101 Å². The summed E-state index contributed by atoms with van der Waals surface area (Å²) >= 11 is 6.41. The number of hydrogen-bond donors (Lipinski definition) is 0. The molecule has 0 spiro atoms. The number of rotatable bonds is 4. The summed E-state index contributed by atoms with van der Waals surface area (Å²) in [5.41, 5.74) is 6.83. The lowest BCUT2D eigenvalue weighted by atomic mass is 9.89. The summed E-state index contributed by atoms with van der Waals surface area (Å²) in [7, 11) is 0. The topological polar surface area (TPSA) is 45.6 Å². The summed E-state index contributed by atoms with van der Waals surface area (Å²) in [6.07, 6.45) is 1.03. The van der Waals surface area contributed by atoms with Gasteiger partial charge in [0.1, 0.15) is 0 Å². The number of pyridine rings is 1. The Bertz CT molecular complexity index is 1370. The van der Waals surface area contributed by atoms with E-state index in [-0.39, 0.29) is 11.9 Å². The molecule has 1 aliphatic heterocycles.